The summed E-state index contributed by atoms with van der Waals surface area (Å²) in [6.45, 7) is 4.29. The van der Waals surface area contributed by atoms with E-state index in [0.29, 0.717) is 12.2 Å². The van der Waals surface area contributed by atoms with E-state index in [9.17, 15) is 9.59 Å². The zero-order valence-corrected chi connectivity index (χ0v) is 15.7. The third-order valence-corrected chi connectivity index (χ3v) is 4.97. The fraction of sp³-hybridized carbons (Fsp3) is 0.333. The first-order chi connectivity index (χ1) is 12.4. The van der Waals surface area contributed by atoms with Gasteiger partial charge in [0.25, 0.3) is 11.5 Å². The van der Waals surface area contributed by atoms with Crippen molar-refractivity contribution in [2.24, 2.45) is 13.0 Å². The smallest absolute Gasteiger partial charge is 0.272 e. The van der Waals surface area contributed by atoms with Crippen molar-refractivity contribution >= 4 is 17.2 Å². The second-order valence-electron chi connectivity index (χ2n) is 6.41. The first-order valence-corrected chi connectivity index (χ1v) is 9.24. The summed E-state index contributed by atoms with van der Waals surface area (Å²) in [5.41, 5.74) is 0.909. The second kappa shape index (κ2) is 7.65. The van der Waals surface area contributed by atoms with Crippen molar-refractivity contribution in [3.8, 4) is 10.6 Å². The van der Waals surface area contributed by atoms with Gasteiger partial charge < -0.3 is 5.32 Å². The molecular formula is C18H21N5O2S. The first kappa shape index (κ1) is 18.1. The van der Waals surface area contributed by atoms with E-state index >= 15 is 0 Å². The highest BCUT2D eigenvalue weighted by atomic mass is 32.1. The Bertz CT molecular complexity index is 943. The van der Waals surface area contributed by atoms with Crippen LogP contribution in [0.2, 0.25) is 0 Å². The summed E-state index contributed by atoms with van der Waals surface area (Å²) in [7, 11) is 1.76. The SMILES string of the molecule is CC(C)[C@H](Cn1nc(-c2cccs2)ccc1=O)NC(=O)c1ccn(C)n1. The molecule has 0 saturated carbocycles. The molecule has 0 aromatic carbocycles. The lowest BCUT2D eigenvalue weighted by molar-refractivity contribution is 0.0913. The van der Waals surface area contributed by atoms with E-state index in [-0.39, 0.29) is 23.4 Å². The highest BCUT2D eigenvalue weighted by Crippen LogP contribution is 2.21. The van der Waals surface area contributed by atoms with Crippen molar-refractivity contribution in [1.82, 2.24) is 24.9 Å². The van der Waals surface area contributed by atoms with Gasteiger partial charge in [-0.3, -0.25) is 14.3 Å². The lowest BCUT2D eigenvalue weighted by Crippen LogP contribution is -2.44. The summed E-state index contributed by atoms with van der Waals surface area (Å²) in [5.74, 6) is -0.131. The maximum Gasteiger partial charge on any atom is 0.272 e. The average molecular weight is 371 g/mol. The van der Waals surface area contributed by atoms with Crippen LogP contribution in [0, 0.1) is 5.92 Å². The van der Waals surface area contributed by atoms with Gasteiger partial charge in [-0.2, -0.15) is 10.2 Å². The van der Waals surface area contributed by atoms with Crippen LogP contribution in [0.15, 0.2) is 46.7 Å². The highest BCUT2D eigenvalue weighted by Gasteiger charge is 2.20. The minimum Gasteiger partial charge on any atom is -0.346 e. The minimum atomic E-state index is -0.258. The van der Waals surface area contributed by atoms with E-state index in [1.54, 1.807) is 41.4 Å². The molecule has 0 saturated heterocycles. The molecule has 0 radical (unpaired) electrons. The number of thiophene rings is 1. The summed E-state index contributed by atoms with van der Waals surface area (Å²) in [4.78, 5) is 25.6. The van der Waals surface area contributed by atoms with E-state index in [2.05, 4.69) is 15.5 Å². The molecule has 3 rings (SSSR count). The van der Waals surface area contributed by atoms with Crippen LogP contribution in [-0.2, 0) is 13.6 Å². The lowest BCUT2D eigenvalue weighted by atomic mass is 10.0. The number of nitrogens with zero attached hydrogens (tertiary/aromatic N) is 4. The van der Waals surface area contributed by atoms with E-state index in [1.165, 1.54) is 10.7 Å². The molecule has 1 N–H and O–H groups in total. The lowest BCUT2D eigenvalue weighted by Gasteiger charge is -2.22. The van der Waals surface area contributed by atoms with Crippen molar-refractivity contribution in [3.05, 3.63) is 58.0 Å². The third kappa shape index (κ3) is 4.08. The predicted octanol–water partition coefficient (Wildman–Crippen LogP) is 2.16. The third-order valence-electron chi connectivity index (χ3n) is 4.08. The molecule has 3 aromatic rings. The molecule has 0 bridgehead atoms. The van der Waals surface area contributed by atoms with Crippen LogP contribution in [-0.4, -0.2) is 31.5 Å². The zero-order chi connectivity index (χ0) is 18.7. The van der Waals surface area contributed by atoms with E-state index in [1.807, 2.05) is 31.4 Å². The standard InChI is InChI=1S/C18H21N5O2S/c1-12(2)15(19-18(25)14-8-9-22(3)20-14)11-23-17(24)7-6-13(21-23)16-5-4-10-26-16/h4-10,12,15H,11H2,1-3H3,(H,19,25)/t15-/m0/s1. The van der Waals surface area contributed by atoms with Gasteiger partial charge in [0, 0.05) is 19.3 Å². The van der Waals surface area contributed by atoms with Gasteiger partial charge in [-0.15, -0.1) is 11.3 Å². The molecule has 0 aliphatic carbocycles. The number of hydrogen-bond donors (Lipinski definition) is 1. The van der Waals surface area contributed by atoms with Crippen LogP contribution in [0.3, 0.4) is 0 Å². The van der Waals surface area contributed by atoms with Gasteiger partial charge >= 0.3 is 0 Å². The number of hydrogen-bond acceptors (Lipinski definition) is 5. The Balaban J connectivity index is 1.81. The van der Waals surface area contributed by atoms with Gasteiger partial charge in [0.15, 0.2) is 0 Å². The summed E-state index contributed by atoms with van der Waals surface area (Å²) < 4.78 is 2.99. The molecule has 0 aliphatic rings. The molecule has 3 aromatic heterocycles. The minimum absolute atomic E-state index is 0.127. The molecule has 1 atom stereocenters. The number of carbonyl (C=O) groups excluding carboxylic acids is 1. The Kier molecular flexibility index (Phi) is 5.32. The van der Waals surface area contributed by atoms with Gasteiger partial charge in [0.1, 0.15) is 11.4 Å². The van der Waals surface area contributed by atoms with E-state index in [4.69, 9.17) is 0 Å². The predicted molar refractivity (Wildman–Crippen MR) is 101 cm³/mol. The fourth-order valence-electron chi connectivity index (χ4n) is 2.52. The van der Waals surface area contributed by atoms with Crippen molar-refractivity contribution in [2.75, 3.05) is 0 Å². The Hall–Kier alpha value is -2.74. The number of carbonyl (C=O) groups is 1. The fourth-order valence-corrected chi connectivity index (χ4v) is 3.21. The molecule has 26 heavy (non-hydrogen) atoms. The number of aromatic nitrogens is 4. The highest BCUT2D eigenvalue weighted by molar-refractivity contribution is 7.13. The van der Waals surface area contributed by atoms with Crippen LogP contribution in [0.5, 0.6) is 0 Å². The van der Waals surface area contributed by atoms with Gasteiger partial charge in [-0.05, 0) is 29.5 Å². The molecule has 0 fully saturated rings. The van der Waals surface area contributed by atoms with Crippen LogP contribution in [0.4, 0.5) is 0 Å². The van der Waals surface area contributed by atoms with Crippen LogP contribution >= 0.6 is 11.3 Å². The Labute approximate surface area is 155 Å². The second-order valence-corrected chi connectivity index (χ2v) is 7.36. The Morgan fingerprint density at radius 1 is 1.23 bits per heavy atom. The number of aryl methyl sites for hydroxylation is 1. The van der Waals surface area contributed by atoms with Gasteiger partial charge in [-0.1, -0.05) is 19.9 Å². The summed E-state index contributed by atoms with van der Waals surface area (Å²) in [6.07, 6.45) is 1.72. The maximum atomic E-state index is 12.4. The number of rotatable bonds is 6. The molecule has 8 heteroatoms. The van der Waals surface area contributed by atoms with Crippen molar-refractivity contribution < 1.29 is 4.79 Å². The molecule has 1 amide bonds. The molecule has 0 unspecified atom stereocenters. The molecular weight excluding hydrogens is 350 g/mol. The van der Waals surface area contributed by atoms with E-state index < -0.39 is 0 Å². The van der Waals surface area contributed by atoms with Crippen molar-refractivity contribution in [3.63, 3.8) is 0 Å². The molecule has 136 valence electrons. The summed E-state index contributed by atoms with van der Waals surface area (Å²) in [6, 6.07) is 8.57. The summed E-state index contributed by atoms with van der Waals surface area (Å²) in [5, 5.41) is 13.5. The molecule has 7 nitrogen and oxygen atoms in total. The number of amides is 1. The van der Waals surface area contributed by atoms with Crippen LogP contribution in [0.1, 0.15) is 24.3 Å². The quantitative estimate of drug-likeness (QED) is 0.720. The van der Waals surface area contributed by atoms with Crippen molar-refractivity contribution in [2.45, 2.75) is 26.4 Å². The average Bonchev–Trinajstić information content (AvgIpc) is 3.27. The molecule has 0 aliphatic heterocycles. The maximum absolute atomic E-state index is 12.4. The monoisotopic (exact) mass is 371 g/mol. The van der Waals surface area contributed by atoms with Gasteiger partial charge in [0.2, 0.25) is 0 Å². The summed E-state index contributed by atoms with van der Waals surface area (Å²) >= 11 is 1.57. The van der Waals surface area contributed by atoms with Crippen molar-refractivity contribution in [1.29, 1.82) is 0 Å². The largest absolute Gasteiger partial charge is 0.346 e. The number of nitrogens with one attached hydrogen (secondary N) is 1. The first-order valence-electron chi connectivity index (χ1n) is 8.36. The van der Waals surface area contributed by atoms with Gasteiger partial charge in [-0.25, -0.2) is 4.68 Å². The Morgan fingerprint density at radius 3 is 2.65 bits per heavy atom. The topological polar surface area (TPSA) is 81.8 Å². The van der Waals surface area contributed by atoms with Crippen LogP contribution < -0.4 is 10.9 Å². The van der Waals surface area contributed by atoms with Gasteiger partial charge in [0.05, 0.1) is 17.5 Å². The van der Waals surface area contributed by atoms with E-state index in [0.717, 1.165) is 10.6 Å². The normalized spacial score (nSPS) is 12.3. The Morgan fingerprint density at radius 2 is 2.04 bits per heavy atom. The zero-order valence-electron chi connectivity index (χ0n) is 14.9. The molecule has 3 heterocycles. The molecule has 0 spiro atoms. The van der Waals surface area contributed by atoms with Crippen LogP contribution in [0.25, 0.3) is 10.6 Å².